The Kier molecular flexibility index (Phi) is 4.75. The summed E-state index contributed by atoms with van der Waals surface area (Å²) < 4.78 is 0. The number of amides is 1. The zero-order valence-electron chi connectivity index (χ0n) is 10.4. The molecule has 0 bridgehead atoms. The second kappa shape index (κ2) is 5.86. The molecule has 0 spiro atoms. The number of carbonyl (C=O) groups excluding carboxylic acids is 1. The minimum absolute atomic E-state index is 0.0799. The van der Waals surface area contributed by atoms with E-state index in [9.17, 15) is 4.79 Å². The largest absolute Gasteiger partial charge is 0.355 e. The van der Waals surface area contributed by atoms with E-state index in [1.807, 2.05) is 13.8 Å². The minimum Gasteiger partial charge on any atom is -0.355 e. The molecule has 0 aromatic heterocycles. The molecule has 1 heterocycles. The van der Waals surface area contributed by atoms with Crippen LogP contribution in [0.15, 0.2) is 0 Å². The van der Waals surface area contributed by atoms with Crippen LogP contribution in [-0.4, -0.2) is 37.5 Å². The molecule has 16 heavy (non-hydrogen) atoms. The first kappa shape index (κ1) is 13.0. The van der Waals surface area contributed by atoms with Crippen molar-refractivity contribution in [1.82, 2.24) is 10.2 Å². The van der Waals surface area contributed by atoms with Gasteiger partial charge < -0.3 is 10.2 Å². The highest BCUT2D eigenvalue weighted by Crippen LogP contribution is 2.14. The van der Waals surface area contributed by atoms with E-state index in [1.165, 1.54) is 0 Å². The molecular weight excluding hydrogens is 202 g/mol. The van der Waals surface area contributed by atoms with Crippen LogP contribution in [0.4, 0.5) is 0 Å². The lowest BCUT2D eigenvalue weighted by molar-refractivity contribution is -0.124. The fourth-order valence-corrected chi connectivity index (χ4v) is 2.06. The lowest BCUT2D eigenvalue weighted by Crippen LogP contribution is -2.36. The van der Waals surface area contributed by atoms with E-state index in [0.29, 0.717) is 12.5 Å². The van der Waals surface area contributed by atoms with Crippen molar-refractivity contribution in [3.63, 3.8) is 0 Å². The van der Waals surface area contributed by atoms with E-state index < -0.39 is 5.92 Å². The third-order valence-electron chi connectivity index (χ3n) is 3.14. The molecule has 90 valence electrons. The minimum atomic E-state index is -0.515. The predicted molar refractivity (Wildman–Crippen MR) is 62.6 cm³/mol. The van der Waals surface area contributed by atoms with Crippen molar-refractivity contribution >= 4 is 5.91 Å². The van der Waals surface area contributed by atoms with Gasteiger partial charge in [-0.2, -0.15) is 5.26 Å². The highest BCUT2D eigenvalue weighted by Gasteiger charge is 2.24. The molecule has 2 atom stereocenters. The predicted octanol–water partition coefficient (Wildman–Crippen LogP) is 0.850. The maximum absolute atomic E-state index is 11.7. The summed E-state index contributed by atoms with van der Waals surface area (Å²) in [5.74, 6) is -0.0112. The third kappa shape index (κ3) is 3.49. The number of carbonyl (C=O) groups is 1. The number of nitrogens with one attached hydrogen (secondary N) is 1. The van der Waals surface area contributed by atoms with Gasteiger partial charge in [0.05, 0.1) is 6.07 Å². The lowest BCUT2D eigenvalue weighted by atomic mass is 9.96. The molecule has 1 aliphatic heterocycles. The summed E-state index contributed by atoms with van der Waals surface area (Å²) in [6, 6.07) is 2.06. The van der Waals surface area contributed by atoms with Gasteiger partial charge in [-0.25, -0.2) is 0 Å². The van der Waals surface area contributed by atoms with Crippen molar-refractivity contribution in [2.45, 2.75) is 20.3 Å². The summed E-state index contributed by atoms with van der Waals surface area (Å²) in [4.78, 5) is 14.0. The quantitative estimate of drug-likeness (QED) is 0.768. The SMILES string of the molecule is CC(C)C(C#N)C(=O)NCC1CCN(C)C1. The second-order valence-corrected chi connectivity index (χ2v) is 5.01. The summed E-state index contributed by atoms with van der Waals surface area (Å²) in [5, 5.41) is 11.8. The van der Waals surface area contributed by atoms with Crippen LogP contribution >= 0.6 is 0 Å². The molecule has 0 radical (unpaired) electrons. The number of hydrogen-bond acceptors (Lipinski definition) is 3. The van der Waals surface area contributed by atoms with E-state index in [2.05, 4.69) is 23.3 Å². The smallest absolute Gasteiger partial charge is 0.237 e. The Bertz CT molecular complexity index is 282. The fraction of sp³-hybridized carbons (Fsp3) is 0.833. The highest BCUT2D eigenvalue weighted by atomic mass is 16.1. The number of nitrogens with zero attached hydrogens (tertiary/aromatic N) is 2. The first-order chi connectivity index (χ1) is 7.54. The van der Waals surface area contributed by atoms with E-state index in [1.54, 1.807) is 0 Å². The molecule has 0 aromatic carbocycles. The summed E-state index contributed by atoms with van der Waals surface area (Å²) in [5.41, 5.74) is 0. The molecule has 1 fully saturated rings. The molecule has 4 heteroatoms. The van der Waals surface area contributed by atoms with Gasteiger partial charge >= 0.3 is 0 Å². The van der Waals surface area contributed by atoms with Crippen molar-refractivity contribution < 1.29 is 4.79 Å². The molecule has 0 saturated carbocycles. The van der Waals surface area contributed by atoms with Crippen LogP contribution in [0.3, 0.4) is 0 Å². The number of nitriles is 1. The lowest BCUT2D eigenvalue weighted by Gasteiger charge is -2.15. The van der Waals surface area contributed by atoms with Gasteiger partial charge in [-0.1, -0.05) is 13.8 Å². The Morgan fingerprint density at radius 1 is 1.62 bits per heavy atom. The van der Waals surface area contributed by atoms with Crippen LogP contribution in [0.1, 0.15) is 20.3 Å². The maximum atomic E-state index is 11.7. The molecule has 1 rings (SSSR count). The molecule has 0 aromatic rings. The van der Waals surface area contributed by atoms with Crippen LogP contribution in [0.25, 0.3) is 0 Å². The van der Waals surface area contributed by atoms with Crippen LogP contribution in [0, 0.1) is 29.1 Å². The van der Waals surface area contributed by atoms with Gasteiger partial charge in [0.25, 0.3) is 0 Å². The topological polar surface area (TPSA) is 56.1 Å². The Morgan fingerprint density at radius 3 is 2.75 bits per heavy atom. The summed E-state index contributed by atoms with van der Waals surface area (Å²) >= 11 is 0. The van der Waals surface area contributed by atoms with E-state index in [-0.39, 0.29) is 11.8 Å². The van der Waals surface area contributed by atoms with Crippen molar-refractivity contribution in [1.29, 1.82) is 5.26 Å². The molecule has 1 saturated heterocycles. The van der Waals surface area contributed by atoms with Crippen LogP contribution in [-0.2, 0) is 4.79 Å². The van der Waals surface area contributed by atoms with E-state index >= 15 is 0 Å². The van der Waals surface area contributed by atoms with Crippen molar-refractivity contribution in [3.8, 4) is 6.07 Å². The molecule has 4 nitrogen and oxygen atoms in total. The van der Waals surface area contributed by atoms with Crippen molar-refractivity contribution in [3.05, 3.63) is 0 Å². The molecule has 2 unspecified atom stereocenters. The monoisotopic (exact) mass is 223 g/mol. The van der Waals surface area contributed by atoms with Gasteiger partial charge in [0.2, 0.25) is 5.91 Å². The third-order valence-corrected chi connectivity index (χ3v) is 3.14. The average molecular weight is 223 g/mol. The van der Waals surface area contributed by atoms with Crippen LogP contribution in [0.2, 0.25) is 0 Å². The van der Waals surface area contributed by atoms with Gasteiger partial charge in [-0.15, -0.1) is 0 Å². The number of hydrogen-bond donors (Lipinski definition) is 1. The first-order valence-corrected chi connectivity index (χ1v) is 5.90. The molecule has 1 amide bonds. The first-order valence-electron chi connectivity index (χ1n) is 5.90. The summed E-state index contributed by atoms with van der Waals surface area (Å²) in [6.45, 7) is 6.65. The Labute approximate surface area is 97.6 Å². The summed E-state index contributed by atoms with van der Waals surface area (Å²) in [7, 11) is 2.09. The second-order valence-electron chi connectivity index (χ2n) is 5.01. The normalized spacial score (nSPS) is 23.1. The van der Waals surface area contributed by atoms with Gasteiger partial charge in [-0.3, -0.25) is 4.79 Å². The molecule has 0 aliphatic carbocycles. The van der Waals surface area contributed by atoms with Gasteiger partial charge in [0, 0.05) is 13.1 Å². The van der Waals surface area contributed by atoms with Gasteiger partial charge in [0.15, 0.2) is 0 Å². The maximum Gasteiger partial charge on any atom is 0.237 e. The van der Waals surface area contributed by atoms with Crippen molar-refractivity contribution in [2.75, 3.05) is 26.7 Å². The zero-order chi connectivity index (χ0) is 12.1. The van der Waals surface area contributed by atoms with Crippen LogP contribution in [0.5, 0.6) is 0 Å². The van der Waals surface area contributed by atoms with Gasteiger partial charge in [0.1, 0.15) is 5.92 Å². The summed E-state index contributed by atoms with van der Waals surface area (Å²) in [6.07, 6.45) is 1.13. The average Bonchev–Trinajstić information content (AvgIpc) is 2.62. The Morgan fingerprint density at radius 2 is 2.31 bits per heavy atom. The Balaban J connectivity index is 2.32. The van der Waals surface area contributed by atoms with E-state index in [0.717, 1.165) is 19.5 Å². The van der Waals surface area contributed by atoms with Crippen molar-refractivity contribution in [2.24, 2.45) is 17.8 Å². The molecule has 1 N–H and O–H groups in total. The van der Waals surface area contributed by atoms with Crippen LogP contribution < -0.4 is 5.32 Å². The van der Waals surface area contributed by atoms with E-state index in [4.69, 9.17) is 5.26 Å². The molecular formula is C12H21N3O. The standard InChI is InChI=1S/C12H21N3O/c1-9(2)11(6-13)12(16)14-7-10-4-5-15(3)8-10/h9-11H,4-5,7-8H2,1-3H3,(H,14,16). The number of likely N-dealkylation sites (tertiary alicyclic amines) is 1. The number of rotatable bonds is 4. The van der Waals surface area contributed by atoms with Gasteiger partial charge in [-0.05, 0) is 31.8 Å². The highest BCUT2D eigenvalue weighted by molar-refractivity contribution is 5.81. The molecule has 1 aliphatic rings. The Hall–Kier alpha value is -1.08. The zero-order valence-corrected chi connectivity index (χ0v) is 10.4. The fourth-order valence-electron chi connectivity index (χ4n) is 2.06.